The van der Waals surface area contributed by atoms with Gasteiger partial charge < -0.3 is 15.0 Å². The van der Waals surface area contributed by atoms with Crippen LogP contribution in [0.5, 0.6) is 0 Å². The summed E-state index contributed by atoms with van der Waals surface area (Å²) in [4.78, 5) is 2.42. The Morgan fingerprint density at radius 2 is 2.24 bits per heavy atom. The van der Waals surface area contributed by atoms with Crippen LogP contribution in [0.15, 0.2) is 0 Å². The summed E-state index contributed by atoms with van der Waals surface area (Å²) < 4.78 is 5.76. The lowest BCUT2D eigenvalue weighted by molar-refractivity contribution is -0.00180. The van der Waals surface area contributed by atoms with E-state index in [0.717, 1.165) is 26.2 Å². The largest absolute Gasteiger partial charge is 0.377 e. The predicted molar refractivity (Wildman–Crippen MR) is 73.5 cm³/mol. The summed E-state index contributed by atoms with van der Waals surface area (Å²) in [6.07, 6.45) is 6.76. The van der Waals surface area contributed by atoms with E-state index in [9.17, 15) is 0 Å². The first-order valence-corrected chi connectivity index (χ1v) is 7.26. The summed E-state index contributed by atoms with van der Waals surface area (Å²) in [6.45, 7) is 8.86. The minimum atomic E-state index is 0.479. The molecule has 1 fully saturated rings. The van der Waals surface area contributed by atoms with E-state index in [1.165, 1.54) is 32.1 Å². The molecular formula is C14H30N2O. The zero-order chi connectivity index (χ0) is 12.5. The fourth-order valence-electron chi connectivity index (χ4n) is 2.30. The normalized spacial score (nSPS) is 22.9. The maximum atomic E-state index is 5.76. The van der Waals surface area contributed by atoms with Crippen LogP contribution in [0.3, 0.4) is 0 Å². The van der Waals surface area contributed by atoms with Crippen molar-refractivity contribution in [2.24, 2.45) is 0 Å². The maximum Gasteiger partial charge on any atom is 0.0701 e. The number of nitrogens with one attached hydrogen (secondary N) is 1. The smallest absolute Gasteiger partial charge is 0.0701 e. The minimum absolute atomic E-state index is 0.479. The van der Waals surface area contributed by atoms with Crippen molar-refractivity contribution in [1.82, 2.24) is 10.2 Å². The molecule has 1 aliphatic rings. The molecular weight excluding hydrogens is 212 g/mol. The first-order valence-electron chi connectivity index (χ1n) is 7.26. The van der Waals surface area contributed by atoms with E-state index in [1.54, 1.807) is 0 Å². The van der Waals surface area contributed by atoms with Crippen LogP contribution in [-0.2, 0) is 4.74 Å². The van der Waals surface area contributed by atoms with Crippen LogP contribution < -0.4 is 5.32 Å². The van der Waals surface area contributed by atoms with Gasteiger partial charge in [-0.25, -0.2) is 0 Å². The highest BCUT2D eigenvalue weighted by molar-refractivity contribution is 4.69. The third-order valence-electron chi connectivity index (χ3n) is 3.48. The molecule has 102 valence electrons. The van der Waals surface area contributed by atoms with Gasteiger partial charge in [0.25, 0.3) is 0 Å². The topological polar surface area (TPSA) is 24.5 Å². The first-order chi connectivity index (χ1) is 8.22. The van der Waals surface area contributed by atoms with Crippen molar-refractivity contribution >= 4 is 0 Å². The SMILES string of the molecule is CCCNC(C)CCN(C)CC1CCCCO1. The molecule has 0 aromatic rings. The highest BCUT2D eigenvalue weighted by Gasteiger charge is 2.15. The quantitative estimate of drug-likeness (QED) is 0.706. The second-order valence-electron chi connectivity index (χ2n) is 5.39. The summed E-state index contributed by atoms with van der Waals surface area (Å²) in [6, 6.07) is 0.629. The molecule has 1 aliphatic heterocycles. The standard InChI is InChI=1S/C14H30N2O/c1-4-9-15-13(2)8-10-16(3)12-14-7-5-6-11-17-14/h13-15H,4-12H2,1-3H3. The molecule has 2 atom stereocenters. The van der Waals surface area contributed by atoms with E-state index in [-0.39, 0.29) is 0 Å². The lowest BCUT2D eigenvalue weighted by Gasteiger charge is -2.28. The Morgan fingerprint density at radius 3 is 2.88 bits per heavy atom. The molecule has 1 saturated heterocycles. The second kappa shape index (κ2) is 8.90. The van der Waals surface area contributed by atoms with Crippen LogP contribution in [0.2, 0.25) is 0 Å². The van der Waals surface area contributed by atoms with Crippen molar-refractivity contribution in [2.45, 2.75) is 58.1 Å². The molecule has 0 aromatic carbocycles. The third kappa shape index (κ3) is 7.02. The molecule has 0 aromatic heterocycles. The lowest BCUT2D eigenvalue weighted by atomic mass is 10.1. The lowest BCUT2D eigenvalue weighted by Crippen LogP contribution is -2.36. The highest BCUT2D eigenvalue weighted by Crippen LogP contribution is 2.13. The number of ether oxygens (including phenoxy) is 1. The van der Waals surface area contributed by atoms with Gasteiger partial charge in [-0.05, 0) is 59.2 Å². The Labute approximate surface area is 107 Å². The van der Waals surface area contributed by atoms with Gasteiger partial charge in [0.1, 0.15) is 0 Å². The Kier molecular flexibility index (Phi) is 7.82. The van der Waals surface area contributed by atoms with E-state index in [4.69, 9.17) is 4.74 Å². The minimum Gasteiger partial charge on any atom is -0.377 e. The molecule has 3 heteroatoms. The molecule has 0 aliphatic carbocycles. The van der Waals surface area contributed by atoms with Crippen molar-refractivity contribution in [3.05, 3.63) is 0 Å². The van der Waals surface area contributed by atoms with Crippen LogP contribution >= 0.6 is 0 Å². The molecule has 0 amide bonds. The average Bonchev–Trinajstić information content (AvgIpc) is 2.35. The van der Waals surface area contributed by atoms with Gasteiger partial charge in [-0.1, -0.05) is 6.92 Å². The van der Waals surface area contributed by atoms with E-state index < -0.39 is 0 Å². The number of hydrogen-bond acceptors (Lipinski definition) is 3. The Morgan fingerprint density at radius 1 is 1.41 bits per heavy atom. The summed E-state index contributed by atoms with van der Waals surface area (Å²) in [5.74, 6) is 0. The second-order valence-corrected chi connectivity index (χ2v) is 5.39. The number of likely N-dealkylation sites (N-methyl/N-ethyl adjacent to an activating group) is 1. The third-order valence-corrected chi connectivity index (χ3v) is 3.48. The molecule has 1 heterocycles. The van der Waals surface area contributed by atoms with Crippen molar-refractivity contribution in [1.29, 1.82) is 0 Å². The zero-order valence-electron chi connectivity index (χ0n) is 11.9. The molecule has 1 N–H and O–H groups in total. The van der Waals surface area contributed by atoms with Crippen molar-refractivity contribution in [3.8, 4) is 0 Å². The van der Waals surface area contributed by atoms with Gasteiger partial charge >= 0.3 is 0 Å². The molecule has 17 heavy (non-hydrogen) atoms. The molecule has 0 saturated carbocycles. The van der Waals surface area contributed by atoms with E-state index >= 15 is 0 Å². The van der Waals surface area contributed by atoms with Crippen LogP contribution in [0.4, 0.5) is 0 Å². The van der Waals surface area contributed by atoms with E-state index in [0.29, 0.717) is 12.1 Å². The molecule has 3 nitrogen and oxygen atoms in total. The number of nitrogens with zero attached hydrogens (tertiary/aromatic N) is 1. The Hall–Kier alpha value is -0.120. The van der Waals surface area contributed by atoms with Gasteiger partial charge in [0.2, 0.25) is 0 Å². The zero-order valence-corrected chi connectivity index (χ0v) is 11.9. The summed E-state index contributed by atoms with van der Waals surface area (Å²) in [7, 11) is 2.21. The maximum absolute atomic E-state index is 5.76. The van der Waals surface area contributed by atoms with E-state index in [2.05, 4.69) is 31.1 Å². The van der Waals surface area contributed by atoms with Gasteiger partial charge in [0.15, 0.2) is 0 Å². The van der Waals surface area contributed by atoms with E-state index in [1.807, 2.05) is 0 Å². The fourth-order valence-corrected chi connectivity index (χ4v) is 2.30. The van der Waals surface area contributed by atoms with Crippen molar-refractivity contribution in [2.75, 3.05) is 33.3 Å². The average molecular weight is 242 g/mol. The molecule has 2 unspecified atom stereocenters. The molecule has 1 rings (SSSR count). The van der Waals surface area contributed by atoms with Crippen LogP contribution in [-0.4, -0.2) is 50.3 Å². The number of hydrogen-bond donors (Lipinski definition) is 1. The van der Waals surface area contributed by atoms with Crippen molar-refractivity contribution in [3.63, 3.8) is 0 Å². The summed E-state index contributed by atoms with van der Waals surface area (Å²) in [5.41, 5.74) is 0. The molecule has 0 radical (unpaired) electrons. The van der Waals surface area contributed by atoms with Crippen molar-refractivity contribution < 1.29 is 4.74 Å². The van der Waals surface area contributed by atoms with Gasteiger partial charge in [-0.3, -0.25) is 0 Å². The molecule has 0 bridgehead atoms. The van der Waals surface area contributed by atoms with Gasteiger partial charge in [-0.2, -0.15) is 0 Å². The van der Waals surface area contributed by atoms with Gasteiger partial charge in [-0.15, -0.1) is 0 Å². The highest BCUT2D eigenvalue weighted by atomic mass is 16.5. The summed E-state index contributed by atoms with van der Waals surface area (Å²) in [5, 5.41) is 3.53. The van der Waals surface area contributed by atoms with Gasteiger partial charge in [0.05, 0.1) is 6.10 Å². The Bertz CT molecular complexity index is 181. The first kappa shape index (κ1) is 14.9. The predicted octanol–water partition coefficient (Wildman–Crippen LogP) is 2.27. The van der Waals surface area contributed by atoms with Crippen LogP contribution in [0.1, 0.15) is 46.0 Å². The van der Waals surface area contributed by atoms with Crippen LogP contribution in [0.25, 0.3) is 0 Å². The number of rotatable bonds is 8. The fraction of sp³-hybridized carbons (Fsp3) is 1.00. The van der Waals surface area contributed by atoms with Gasteiger partial charge in [0, 0.05) is 19.2 Å². The molecule has 0 spiro atoms. The summed E-state index contributed by atoms with van der Waals surface area (Å²) >= 11 is 0. The van der Waals surface area contributed by atoms with Crippen LogP contribution in [0, 0.1) is 0 Å². The Balaban J connectivity index is 2.05. The monoisotopic (exact) mass is 242 g/mol.